The van der Waals surface area contributed by atoms with Crippen molar-refractivity contribution in [3.63, 3.8) is 0 Å². The van der Waals surface area contributed by atoms with Gasteiger partial charge in [0.15, 0.2) is 0 Å². The molecule has 25 heavy (non-hydrogen) atoms. The molecule has 0 aromatic carbocycles. The van der Waals surface area contributed by atoms with Gasteiger partial charge in [0.1, 0.15) is 5.76 Å². The van der Waals surface area contributed by atoms with Gasteiger partial charge in [0.25, 0.3) is 0 Å². The molecule has 136 valence electrons. The summed E-state index contributed by atoms with van der Waals surface area (Å²) in [6, 6.07) is 0. The number of amides is 1. The summed E-state index contributed by atoms with van der Waals surface area (Å²) < 4.78 is 5.91. The lowest BCUT2D eigenvalue weighted by Gasteiger charge is -2.50. The Kier molecular flexibility index (Phi) is 4.51. The van der Waals surface area contributed by atoms with E-state index >= 15 is 0 Å². The molecule has 0 aromatic rings. The van der Waals surface area contributed by atoms with Crippen LogP contribution in [0.15, 0.2) is 34.8 Å². The van der Waals surface area contributed by atoms with Gasteiger partial charge in [0.2, 0.25) is 6.41 Å². The van der Waals surface area contributed by atoms with Crippen LogP contribution in [0.5, 0.6) is 0 Å². The molecule has 0 aromatic heterocycles. The summed E-state index contributed by atoms with van der Waals surface area (Å²) in [5, 5.41) is 2.87. The molecule has 0 spiro atoms. The highest BCUT2D eigenvalue weighted by molar-refractivity contribution is 5.53. The molecule has 3 nitrogen and oxygen atoms in total. The highest BCUT2D eigenvalue weighted by atomic mass is 16.5. The summed E-state index contributed by atoms with van der Waals surface area (Å²) in [6.07, 6.45) is 15.6. The van der Waals surface area contributed by atoms with Gasteiger partial charge >= 0.3 is 0 Å². The van der Waals surface area contributed by atoms with E-state index in [9.17, 15) is 4.79 Å². The monoisotopic (exact) mass is 341 g/mol. The first-order valence-corrected chi connectivity index (χ1v) is 10.1. The third kappa shape index (κ3) is 2.86. The van der Waals surface area contributed by atoms with E-state index in [2.05, 4.69) is 24.4 Å². The second-order valence-electron chi connectivity index (χ2n) is 8.57. The van der Waals surface area contributed by atoms with Crippen molar-refractivity contribution in [3.05, 3.63) is 34.8 Å². The Bertz CT molecular complexity index is 644. The predicted molar refractivity (Wildman–Crippen MR) is 99.5 cm³/mol. The highest BCUT2D eigenvalue weighted by Crippen LogP contribution is 2.61. The Morgan fingerprint density at radius 3 is 3.00 bits per heavy atom. The van der Waals surface area contributed by atoms with E-state index in [0.29, 0.717) is 17.9 Å². The number of hydrogen-bond acceptors (Lipinski definition) is 2. The van der Waals surface area contributed by atoms with Gasteiger partial charge in [-0.2, -0.15) is 0 Å². The summed E-state index contributed by atoms with van der Waals surface area (Å²) >= 11 is 0. The maximum atomic E-state index is 11.0. The number of rotatable bonds is 4. The predicted octanol–water partition coefficient (Wildman–Crippen LogP) is 4.86. The summed E-state index contributed by atoms with van der Waals surface area (Å²) in [6.45, 7) is 5.19. The van der Waals surface area contributed by atoms with Gasteiger partial charge in [0.05, 0.1) is 12.3 Å². The molecule has 0 bridgehead atoms. The molecule has 4 aliphatic rings. The van der Waals surface area contributed by atoms with Crippen molar-refractivity contribution < 1.29 is 9.53 Å². The van der Waals surface area contributed by atoms with E-state index < -0.39 is 0 Å². The number of hydrogen-bond donors (Lipinski definition) is 1. The second-order valence-corrected chi connectivity index (χ2v) is 8.57. The Morgan fingerprint density at radius 1 is 1.32 bits per heavy atom. The average Bonchev–Trinajstić information content (AvgIpc) is 2.92. The van der Waals surface area contributed by atoms with Gasteiger partial charge < -0.3 is 10.1 Å². The number of ether oxygens (including phenoxy) is 1. The van der Waals surface area contributed by atoms with E-state index in [1.54, 1.807) is 0 Å². The fourth-order valence-electron chi connectivity index (χ4n) is 6.23. The van der Waals surface area contributed by atoms with E-state index in [0.717, 1.165) is 36.1 Å². The van der Waals surface area contributed by atoms with Crippen molar-refractivity contribution in [3.8, 4) is 0 Å². The van der Waals surface area contributed by atoms with Gasteiger partial charge in [-0.1, -0.05) is 19.4 Å². The quantitative estimate of drug-likeness (QED) is 0.741. The zero-order valence-corrected chi connectivity index (χ0v) is 15.6. The topological polar surface area (TPSA) is 38.3 Å². The number of carbonyl (C=O) groups excluding carboxylic acids is 1. The number of carbonyl (C=O) groups is 1. The average molecular weight is 341 g/mol. The van der Waals surface area contributed by atoms with Crippen molar-refractivity contribution in [2.75, 3.05) is 6.61 Å². The SMILES string of the molecule is CCOC1=C(NC=O)CC=C2CCC3C(CCC4(C)CCCC34)C2=C1. The van der Waals surface area contributed by atoms with Crippen LogP contribution in [0.1, 0.15) is 65.2 Å². The maximum absolute atomic E-state index is 11.0. The molecule has 3 heteroatoms. The van der Waals surface area contributed by atoms with Crippen LogP contribution < -0.4 is 5.32 Å². The van der Waals surface area contributed by atoms with Crippen LogP contribution in [0.2, 0.25) is 0 Å². The Labute approximate surface area is 151 Å². The van der Waals surface area contributed by atoms with Gasteiger partial charge in [-0.15, -0.1) is 0 Å². The number of allylic oxidation sites excluding steroid dienone is 4. The summed E-state index contributed by atoms with van der Waals surface area (Å²) in [4.78, 5) is 11.0. The van der Waals surface area contributed by atoms with Crippen LogP contribution >= 0.6 is 0 Å². The molecule has 4 aliphatic carbocycles. The lowest BCUT2D eigenvalue weighted by Crippen LogP contribution is -2.41. The standard InChI is InChI=1S/C22H31NO2/c1-3-25-21-13-18-15(7-9-20(21)23-14-24)6-8-17-16(18)10-12-22(2)11-4-5-19(17)22/h7,13-14,16-17,19H,3-6,8-12H2,1-2H3,(H,23,24). The Morgan fingerprint density at radius 2 is 2.20 bits per heavy atom. The number of fused-ring (bicyclic) bond motifs is 5. The van der Waals surface area contributed by atoms with Gasteiger partial charge in [-0.05, 0) is 85.8 Å². The van der Waals surface area contributed by atoms with E-state index in [1.807, 2.05) is 6.92 Å². The molecule has 3 saturated carbocycles. The molecule has 0 aliphatic heterocycles. The van der Waals surface area contributed by atoms with Crippen molar-refractivity contribution in [1.82, 2.24) is 5.32 Å². The minimum absolute atomic E-state index is 0.594. The molecule has 4 unspecified atom stereocenters. The summed E-state index contributed by atoms with van der Waals surface area (Å²) in [5.41, 5.74) is 4.51. The minimum Gasteiger partial charge on any atom is -0.492 e. The molecule has 0 saturated heterocycles. The minimum atomic E-state index is 0.594. The molecule has 3 fully saturated rings. The Hall–Kier alpha value is -1.51. The third-order valence-corrected chi connectivity index (χ3v) is 7.41. The van der Waals surface area contributed by atoms with E-state index in [-0.39, 0.29) is 0 Å². The van der Waals surface area contributed by atoms with Crippen molar-refractivity contribution in [2.45, 2.75) is 65.2 Å². The van der Waals surface area contributed by atoms with Gasteiger partial charge in [0, 0.05) is 6.42 Å². The largest absolute Gasteiger partial charge is 0.492 e. The highest BCUT2D eigenvalue weighted by Gasteiger charge is 2.50. The molecular formula is C22H31NO2. The lowest BCUT2D eigenvalue weighted by molar-refractivity contribution is -0.109. The van der Waals surface area contributed by atoms with Crippen molar-refractivity contribution in [2.24, 2.45) is 23.2 Å². The van der Waals surface area contributed by atoms with Crippen LogP contribution in [0.25, 0.3) is 0 Å². The van der Waals surface area contributed by atoms with Crippen LogP contribution in [0.3, 0.4) is 0 Å². The molecule has 4 rings (SSSR count). The Balaban J connectivity index is 1.69. The summed E-state index contributed by atoms with van der Waals surface area (Å²) in [5.74, 6) is 3.30. The molecule has 1 amide bonds. The molecule has 1 N–H and O–H groups in total. The first-order valence-electron chi connectivity index (χ1n) is 10.1. The van der Waals surface area contributed by atoms with E-state index in [4.69, 9.17) is 4.74 Å². The summed E-state index contributed by atoms with van der Waals surface area (Å²) in [7, 11) is 0. The molecule has 0 heterocycles. The van der Waals surface area contributed by atoms with Crippen molar-refractivity contribution >= 4 is 6.41 Å². The first kappa shape index (κ1) is 16.9. The molecule has 4 atom stereocenters. The van der Waals surface area contributed by atoms with Crippen LogP contribution in [-0.2, 0) is 9.53 Å². The lowest BCUT2D eigenvalue weighted by atomic mass is 9.55. The maximum Gasteiger partial charge on any atom is 0.211 e. The molecular weight excluding hydrogens is 310 g/mol. The van der Waals surface area contributed by atoms with Crippen LogP contribution in [0.4, 0.5) is 0 Å². The molecule has 0 radical (unpaired) electrons. The second kappa shape index (κ2) is 6.66. The number of nitrogens with one attached hydrogen (secondary N) is 1. The zero-order chi connectivity index (χ0) is 17.4. The fraction of sp³-hybridized carbons (Fsp3) is 0.682. The van der Waals surface area contributed by atoms with Crippen molar-refractivity contribution in [1.29, 1.82) is 0 Å². The normalized spacial score (nSPS) is 37.1. The van der Waals surface area contributed by atoms with Crippen LogP contribution in [-0.4, -0.2) is 13.0 Å². The van der Waals surface area contributed by atoms with E-state index in [1.165, 1.54) is 56.1 Å². The first-order chi connectivity index (χ1) is 12.2. The fourth-order valence-corrected chi connectivity index (χ4v) is 6.23. The smallest absolute Gasteiger partial charge is 0.211 e. The third-order valence-electron chi connectivity index (χ3n) is 7.41. The van der Waals surface area contributed by atoms with Crippen LogP contribution in [0, 0.1) is 23.2 Å². The zero-order valence-electron chi connectivity index (χ0n) is 15.6. The van der Waals surface area contributed by atoms with Gasteiger partial charge in [-0.3, -0.25) is 4.79 Å². The van der Waals surface area contributed by atoms with Gasteiger partial charge in [-0.25, -0.2) is 0 Å².